The molecule has 3 N–H and O–H groups in total. The highest BCUT2D eigenvalue weighted by atomic mass is 15.0. The molecular formula is C6H9N3. The summed E-state index contributed by atoms with van der Waals surface area (Å²) in [5.74, 6) is 0. The lowest BCUT2D eigenvalue weighted by molar-refractivity contribution is 1.14. The molecule has 1 rings (SSSR count). The molecule has 1 aromatic rings. The van der Waals surface area contributed by atoms with Crippen molar-refractivity contribution in [3.8, 4) is 0 Å². The van der Waals surface area contributed by atoms with Gasteiger partial charge in [0.15, 0.2) is 0 Å². The topological polar surface area (TPSA) is 50.9 Å². The van der Waals surface area contributed by atoms with Crippen LogP contribution in [0.1, 0.15) is 0 Å². The Balaban J connectivity index is 2.61. The van der Waals surface area contributed by atoms with Crippen LogP contribution in [0, 0.1) is 0 Å². The third-order valence-electron chi connectivity index (χ3n) is 0.987. The van der Waals surface area contributed by atoms with Gasteiger partial charge < -0.3 is 11.1 Å². The van der Waals surface area contributed by atoms with Gasteiger partial charge in [0.25, 0.3) is 0 Å². The largest absolute Gasteiger partial charge is 0.373 e. The van der Waals surface area contributed by atoms with Crippen molar-refractivity contribution in [1.29, 1.82) is 0 Å². The van der Waals surface area contributed by atoms with Gasteiger partial charge in [-0.25, -0.2) is 0 Å². The van der Waals surface area contributed by atoms with Gasteiger partial charge in [-0.15, -0.1) is 0 Å². The van der Waals surface area contributed by atoms with E-state index in [1.807, 2.05) is 12.1 Å². The molecule has 0 aliphatic rings. The molecule has 0 bridgehead atoms. The summed E-state index contributed by atoms with van der Waals surface area (Å²) in [4.78, 5) is 3.85. The van der Waals surface area contributed by atoms with Crippen LogP contribution in [0.4, 0.5) is 5.69 Å². The number of nitrogens with one attached hydrogen (secondary N) is 1. The molecular weight excluding hydrogens is 114 g/mol. The smallest absolute Gasteiger partial charge is 0.0628 e. The molecule has 0 amide bonds. The van der Waals surface area contributed by atoms with Gasteiger partial charge in [-0.2, -0.15) is 0 Å². The molecule has 0 saturated heterocycles. The van der Waals surface area contributed by atoms with Crippen molar-refractivity contribution >= 4 is 5.69 Å². The fraction of sp³-hybridized carbons (Fsp3) is 0.167. The average molecular weight is 123 g/mol. The monoisotopic (exact) mass is 123 g/mol. The Labute approximate surface area is 53.9 Å². The second-order valence-corrected chi connectivity index (χ2v) is 1.62. The lowest BCUT2D eigenvalue weighted by atomic mass is 10.4. The van der Waals surface area contributed by atoms with E-state index < -0.39 is 0 Å². The van der Waals surface area contributed by atoms with E-state index in [0.717, 1.165) is 5.69 Å². The van der Waals surface area contributed by atoms with Crippen molar-refractivity contribution in [3.05, 3.63) is 24.5 Å². The predicted molar refractivity (Wildman–Crippen MR) is 36.9 cm³/mol. The number of nitrogens with zero attached hydrogens (tertiary/aromatic N) is 1. The third-order valence-corrected chi connectivity index (χ3v) is 0.987. The van der Waals surface area contributed by atoms with Crippen molar-refractivity contribution in [1.82, 2.24) is 4.98 Å². The second kappa shape index (κ2) is 3.04. The van der Waals surface area contributed by atoms with Crippen molar-refractivity contribution in [3.63, 3.8) is 0 Å². The zero-order valence-corrected chi connectivity index (χ0v) is 5.04. The maximum atomic E-state index is 5.23. The molecule has 9 heavy (non-hydrogen) atoms. The molecule has 0 aromatic carbocycles. The Morgan fingerprint density at radius 1 is 1.44 bits per heavy atom. The summed E-state index contributed by atoms with van der Waals surface area (Å²) in [6.07, 6.45) is 3.44. The lowest BCUT2D eigenvalue weighted by Crippen LogP contribution is -2.10. The number of nitrogens with two attached hydrogens (primary N) is 1. The van der Waals surface area contributed by atoms with Gasteiger partial charge in [0.2, 0.25) is 0 Å². The highest BCUT2D eigenvalue weighted by Gasteiger charge is 1.82. The van der Waals surface area contributed by atoms with E-state index in [1.54, 1.807) is 12.4 Å². The van der Waals surface area contributed by atoms with Gasteiger partial charge in [-0.05, 0) is 12.1 Å². The molecule has 0 fully saturated rings. The maximum absolute atomic E-state index is 5.23. The van der Waals surface area contributed by atoms with Crippen LogP contribution >= 0.6 is 0 Å². The average Bonchev–Trinajstić information content (AvgIpc) is 1.91. The van der Waals surface area contributed by atoms with Crippen LogP contribution in [0.2, 0.25) is 0 Å². The van der Waals surface area contributed by atoms with Crippen molar-refractivity contribution < 1.29 is 0 Å². The van der Waals surface area contributed by atoms with Crippen LogP contribution in [-0.2, 0) is 0 Å². The summed E-state index contributed by atoms with van der Waals surface area (Å²) >= 11 is 0. The Morgan fingerprint density at radius 3 is 2.67 bits per heavy atom. The molecule has 0 saturated carbocycles. The number of hydrogen-bond donors (Lipinski definition) is 2. The third kappa shape index (κ3) is 1.70. The number of hydrogen-bond acceptors (Lipinski definition) is 3. The van der Waals surface area contributed by atoms with Crippen LogP contribution in [0.5, 0.6) is 0 Å². The first-order valence-corrected chi connectivity index (χ1v) is 2.77. The van der Waals surface area contributed by atoms with E-state index in [4.69, 9.17) is 5.73 Å². The molecule has 0 aliphatic carbocycles. The highest BCUT2D eigenvalue weighted by Crippen LogP contribution is 2.00. The Kier molecular flexibility index (Phi) is 2.04. The summed E-state index contributed by atoms with van der Waals surface area (Å²) in [5, 5.41) is 2.95. The highest BCUT2D eigenvalue weighted by molar-refractivity contribution is 5.40. The van der Waals surface area contributed by atoms with Crippen LogP contribution in [0.15, 0.2) is 24.5 Å². The van der Waals surface area contributed by atoms with E-state index in [2.05, 4.69) is 10.3 Å². The molecule has 48 valence electrons. The fourth-order valence-corrected chi connectivity index (χ4v) is 0.588. The number of anilines is 1. The summed E-state index contributed by atoms with van der Waals surface area (Å²) in [5.41, 5.74) is 6.24. The Hall–Kier alpha value is -1.09. The maximum Gasteiger partial charge on any atom is 0.0628 e. The van der Waals surface area contributed by atoms with Crippen LogP contribution in [0.3, 0.4) is 0 Å². The van der Waals surface area contributed by atoms with Crippen molar-refractivity contribution in [2.45, 2.75) is 0 Å². The first-order chi connectivity index (χ1) is 4.43. The zero-order chi connectivity index (χ0) is 6.53. The molecule has 1 aromatic heterocycles. The molecule has 3 nitrogen and oxygen atoms in total. The van der Waals surface area contributed by atoms with Crippen LogP contribution < -0.4 is 11.1 Å². The number of rotatable bonds is 2. The molecule has 3 heteroatoms. The first-order valence-electron chi connectivity index (χ1n) is 2.77. The van der Waals surface area contributed by atoms with E-state index in [9.17, 15) is 0 Å². The van der Waals surface area contributed by atoms with Gasteiger partial charge in [-0.1, -0.05) is 0 Å². The number of pyridine rings is 1. The normalized spacial score (nSPS) is 9.00. The summed E-state index contributed by atoms with van der Waals surface area (Å²) in [6.45, 7) is 0.462. The van der Waals surface area contributed by atoms with E-state index in [-0.39, 0.29) is 0 Å². The molecule has 0 spiro atoms. The molecule has 0 unspecified atom stereocenters. The van der Waals surface area contributed by atoms with Gasteiger partial charge >= 0.3 is 0 Å². The number of aromatic nitrogens is 1. The lowest BCUT2D eigenvalue weighted by Gasteiger charge is -1.98. The van der Waals surface area contributed by atoms with Crippen molar-refractivity contribution in [2.75, 3.05) is 12.0 Å². The minimum absolute atomic E-state index is 0.462. The van der Waals surface area contributed by atoms with Gasteiger partial charge in [0, 0.05) is 18.1 Å². The first kappa shape index (κ1) is 6.04. The minimum Gasteiger partial charge on any atom is -0.373 e. The van der Waals surface area contributed by atoms with Gasteiger partial charge in [0.1, 0.15) is 0 Å². The Bertz CT molecular complexity index is 161. The van der Waals surface area contributed by atoms with Gasteiger partial charge in [0.05, 0.1) is 6.67 Å². The SMILES string of the molecule is NCNc1ccncc1. The Morgan fingerprint density at radius 2 is 2.11 bits per heavy atom. The standard InChI is InChI=1S/C6H9N3/c7-5-9-6-1-3-8-4-2-6/h1-4H,5,7H2,(H,8,9). The van der Waals surface area contributed by atoms with E-state index >= 15 is 0 Å². The predicted octanol–water partition coefficient (Wildman–Crippen LogP) is 0.410. The summed E-state index contributed by atoms with van der Waals surface area (Å²) in [6, 6.07) is 3.74. The van der Waals surface area contributed by atoms with Crippen LogP contribution in [-0.4, -0.2) is 11.7 Å². The molecule has 0 atom stereocenters. The van der Waals surface area contributed by atoms with E-state index in [0.29, 0.717) is 6.67 Å². The van der Waals surface area contributed by atoms with Crippen molar-refractivity contribution in [2.24, 2.45) is 5.73 Å². The quantitative estimate of drug-likeness (QED) is 0.560. The van der Waals surface area contributed by atoms with Crippen LogP contribution in [0.25, 0.3) is 0 Å². The molecule has 0 aliphatic heterocycles. The fourth-order valence-electron chi connectivity index (χ4n) is 0.588. The minimum atomic E-state index is 0.462. The zero-order valence-electron chi connectivity index (χ0n) is 5.04. The van der Waals surface area contributed by atoms with Gasteiger partial charge in [-0.3, -0.25) is 4.98 Å². The second-order valence-electron chi connectivity index (χ2n) is 1.62. The summed E-state index contributed by atoms with van der Waals surface area (Å²) < 4.78 is 0. The van der Waals surface area contributed by atoms with E-state index in [1.165, 1.54) is 0 Å². The molecule has 1 heterocycles. The molecule has 0 radical (unpaired) electrons. The summed E-state index contributed by atoms with van der Waals surface area (Å²) in [7, 11) is 0.